The Bertz CT molecular complexity index is 1420. The van der Waals surface area contributed by atoms with Crippen LogP contribution in [0.25, 0.3) is 22.4 Å². The maximum Gasteiger partial charge on any atom is 0.267 e. The van der Waals surface area contributed by atoms with Crippen LogP contribution in [0.15, 0.2) is 82.7 Å². The Labute approximate surface area is 178 Å². The molecule has 6 heteroatoms. The summed E-state index contributed by atoms with van der Waals surface area (Å²) in [6.07, 6.45) is 0. The van der Waals surface area contributed by atoms with E-state index in [2.05, 4.69) is 41.4 Å². The van der Waals surface area contributed by atoms with Crippen LogP contribution in [0.4, 0.5) is 0 Å². The summed E-state index contributed by atoms with van der Waals surface area (Å²) < 4.78 is 3.63. The van der Waals surface area contributed by atoms with Crippen molar-refractivity contribution in [2.45, 2.75) is 24.8 Å². The summed E-state index contributed by atoms with van der Waals surface area (Å²) in [6, 6.07) is 24.0. The SMILES string of the molecule is Cc1ccc(CSc2nnc3n(-c4ccc(C)cc4)c(=O)c4ccccc4n23)cc1. The highest BCUT2D eigenvalue weighted by atomic mass is 32.2. The van der Waals surface area contributed by atoms with Gasteiger partial charge in [0.1, 0.15) is 0 Å². The lowest BCUT2D eigenvalue weighted by atomic mass is 10.2. The Hall–Kier alpha value is -3.38. The third-order valence-corrected chi connectivity index (χ3v) is 6.18. The summed E-state index contributed by atoms with van der Waals surface area (Å²) in [6.45, 7) is 4.11. The molecule has 2 heterocycles. The van der Waals surface area contributed by atoms with Crippen molar-refractivity contribution >= 4 is 28.4 Å². The van der Waals surface area contributed by atoms with Gasteiger partial charge in [-0.25, -0.2) is 4.57 Å². The van der Waals surface area contributed by atoms with Crippen LogP contribution >= 0.6 is 11.8 Å². The lowest BCUT2D eigenvalue weighted by Crippen LogP contribution is -2.21. The van der Waals surface area contributed by atoms with E-state index in [1.165, 1.54) is 11.1 Å². The van der Waals surface area contributed by atoms with Crippen LogP contribution in [0.3, 0.4) is 0 Å². The van der Waals surface area contributed by atoms with E-state index in [0.29, 0.717) is 11.2 Å². The molecule has 5 aromatic rings. The number of fused-ring (bicyclic) bond motifs is 3. The first-order chi connectivity index (χ1) is 14.6. The molecule has 0 fully saturated rings. The molecule has 5 rings (SSSR count). The van der Waals surface area contributed by atoms with E-state index < -0.39 is 0 Å². The minimum Gasteiger partial charge on any atom is -0.268 e. The van der Waals surface area contributed by atoms with Crippen LogP contribution in [0, 0.1) is 13.8 Å². The lowest BCUT2D eigenvalue weighted by Gasteiger charge is -2.11. The smallest absolute Gasteiger partial charge is 0.267 e. The second-order valence-corrected chi connectivity index (χ2v) is 8.33. The van der Waals surface area contributed by atoms with E-state index in [0.717, 1.165) is 27.7 Å². The zero-order chi connectivity index (χ0) is 20.7. The molecule has 0 aliphatic rings. The number of hydrogen-bond acceptors (Lipinski definition) is 4. The van der Waals surface area contributed by atoms with Gasteiger partial charge in [-0.3, -0.25) is 9.20 Å². The van der Waals surface area contributed by atoms with Crippen molar-refractivity contribution < 1.29 is 0 Å². The fraction of sp³-hybridized carbons (Fsp3) is 0.125. The third-order valence-electron chi connectivity index (χ3n) is 5.18. The van der Waals surface area contributed by atoms with E-state index in [9.17, 15) is 4.79 Å². The van der Waals surface area contributed by atoms with Crippen LogP contribution in [0.1, 0.15) is 16.7 Å². The van der Waals surface area contributed by atoms with Gasteiger partial charge in [-0.1, -0.05) is 71.4 Å². The summed E-state index contributed by atoms with van der Waals surface area (Å²) in [5.74, 6) is 1.30. The van der Waals surface area contributed by atoms with E-state index in [4.69, 9.17) is 0 Å². The normalized spacial score (nSPS) is 11.4. The highest BCUT2D eigenvalue weighted by molar-refractivity contribution is 7.98. The number of para-hydroxylation sites is 1. The van der Waals surface area contributed by atoms with Gasteiger partial charge >= 0.3 is 0 Å². The number of aromatic nitrogens is 4. The first kappa shape index (κ1) is 18.6. The largest absolute Gasteiger partial charge is 0.268 e. The quantitative estimate of drug-likeness (QED) is 0.392. The molecule has 0 N–H and O–H groups in total. The fourth-order valence-electron chi connectivity index (χ4n) is 3.53. The monoisotopic (exact) mass is 412 g/mol. The van der Waals surface area contributed by atoms with Crippen LogP contribution in [0.2, 0.25) is 0 Å². The van der Waals surface area contributed by atoms with Crippen molar-refractivity contribution in [3.05, 3.63) is 99.8 Å². The number of aryl methyl sites for hydroxylation is 2. The van der Waals surface area contributed by atoms with Crippen LogP contribution in [0.5, 0.6) is 0 Å². The number of rotatable bonds is 4. The van der Waals surface area contributed by atoms with Crippen molar-refractivity contribution in [3.8, 4) is 5.69 Å². The summed E-state index contributed by atoms with van der Waals surface area (Å²) >= 11 is 1.62. The van der Waals surface area contributed by atoms with Crippen molar-refractivity contribution in [2.24, 2.45) is 0 Å². The molecule has 0 saturated heterocycles. The number of benzene rings is 3. The fourth-order valence-corrected chi connectivity index (χ4v) is 4.43. The van der Waals surface area contributed by atoms with E-state index in [1.807, 2.05) is 59.9 Å². The standard InChI is InChI=1S/C24H20N4OS/c1-16-7-11-18(12-8-16)15-30-24-26-25-23-27(19-13-9-17(2)10-14-19)22(29)20-5-3-4-6-21(20)28(23)24/h3-14H,15H2,1-2H3. The molecule has 0 radical (unpaired) electrons. The van der Waals surface area contributed by atoms with E-state index >= 15 is 0 Å². The van der Waals surface area contributed by atoms with Crippen LogP contribution < -0.4 is 5.56 Å². The molecular formula is C24H20N4OS. The average molecular weight is 413 g/mol. The average Bonchev–Trinajstić information content (AvgIpc) is 3.18. The predicted octanol–water partition coefficient (Wildman–Crippen LogP) is 4.94. The van der Waals surface area contributed by atoms with Gasteiger partial charge in [-0.2, -0.15) is 0 Å². The second kappa shape index (κ2) is 7.46. The Balaban J connectivity index is 1.69. The molecule has 0 amide bonds. The molecule has 0 bridgehead atoms. The van der Waals surface area contributed by atoms with Crippen LogP contribution in [-0.4, -0.2) is 19.2 Å². The molecule has 0 atom stereocenters. The van der Waals surface area contributed by atoms with Gasteiger partial charge in [0.15, 0.2) is 5.16 Å². The van der Waals surface area contributed by atoms with Gasteiger partial charge in [0.2, 0.25) is 5.78 Å². The van der Waals surface area contributed by atoms with Gasteiger partial charge < -0.3 is 0 Å². The number of nitrogens with zero attached hydrogens (tertiary/aromatic N) is 4. The number of hydrogen-bond donors (Lipinski definition) is 0. The second-order valence-electron chi connectivity index (χ2n) is 7.39. The zero-order valence-electron chi connectivity index (χ0n) is 16.7. The molecule has 2 aromatic heterocycles. The van der Waals surface area contributed by atoms with Crippen molar-refractivity contribution in [2.75, 3.05) is 0 Å². The Morgan fingerprint density at radius 3 is 2.23 bits per heavy atom. The molecule has 0 aliphatic heterocycles. The molecule has 3 aromatic carbocycles. The third kappa shape index (κ3) is 3.19. The van der Waals surface area contributed by atoms with Gasteiger partial charge in [0.25, 0.3) is 5.56 Å². The first-order valence-electron chi connectivity index (χ1n) is 9.76. The van der Waals surface area contributed by atoms with Crippen molar-refractivity contribution in [1.82, 2.24) is 19.2 Å². The van der Waals surface area contributed by atoms with Crippen molar-refractivity contribution in [1.29, 1.82) is 0 Å². The number of thioether (sulfide) groups is 1. The molecule has 5 nitrogen and oxygen atoms in total. The highest BCUT2D eigenvalue weighted by Crippen LogP contribution is 2.26. The summed E-state index contributed by atoms with van der Waals surface area (Å²) in [5, 5.41) is 10.3. The molecule has 0 unspecified atom stereocenters. The van der Waals surface area contributed by atoms with E-state index in [1.54, 1.807) is 16.3 Å². The van der Waals surface area contributed by atoms with E-state index in [-0.39, 0.29) is 5.56 Å². The van der Waals surface area contributed by atoms with Gasteiger partial charge in [0.05, 0.1) is 16.6 Å². The Morgan fingerprint density at radius 1 is 0.833 bits per heavy atom. The van der Waals surface area contributed by atoms with Crippen LogP contribution in [-0.2, 0) is 5.75 Å². The molecule has 0 saturated carbocycles. The van der Waals surface area contributed by atoms with Crippen molar-refractivity contribution in [3.63, 3.8) is 0 Å². The minimum atomic E-state index is -0.0931. The summed E-state index contributed by atoms with van der Waals surface area (Å²) in [7, 11) is 0. The summed E-state index contributed by atoms with van der Waals surface area (Å²) in [4.78, 5) is 13.3. The van der Waals surface area contributed by atoms with Gasteiger partial charge in [0, 0.05) is 5.75 Å². The molecular weight excluding hydrogens is 392 g/mol. The topological polar surface area (TPSA) is 52.2 Å². The lowest BCUT2D eigenvalue weighted by molar-refractivity contribution is 0.930. The summed E-state index contributed by atoms with van der Waals surface area (Å²) in [5.41, 5.74) is 5.10. The minimum absolute atomic E-state index is 0.0931. The Morgan fingerprint density at radius 2 is 1.50 bits per heavy atom. The van der Waals surface area contributed by atoms with Gasteiger partial charge in [-0.15, -0.1) is 10.2 Å². The van der Waals surface area contributed by atoms with Gasteiger partial charge in [-0.05, 0) is 43.7 Å². The maximum absolute atomic E-state index is 13.3. The first-order valence-corrected chi connectivity index (χ1v) is 10.7. The molecule has 0 spiro atoms. The maximum atomic E-state index is 13.3. The Kier molecular flexibility index (Phi) is 4.64. The molecule has 30 heavy (non-hydrogen) atoms. The zero-order valence-corrected chi connectivity index (χ0v) is 17.6. The molecule has 148 valence electrons. The predicted molar refractivity (Wildman–Crippen MR) is 122 cm³/mol. The highest BCUT2D eigenvalue weighted by Gasteiger charge is 2.17. The molecule has 0 aliphatic carbocycles.